The number of benzene rings is 1. The topological polar surface area (TPSA) is 118 Å². The van der Waals surface area contributed by atoms with Crippen LogP contribution in [-0.2, 0) is 26.6 Å². The van der Waals surface area contributed by atoms with E-state index in [2.05, 4.69) is 9.44 Å². The van der Waals surface area contributed by atoms with Crippen LogP contribution in [0.15, 0.2) is 29.2 Å². The van der Waals surface area contributed by atoms with E-state index in [1.54, 1.807) is 19.1 Å². The summed E-state index contributed by atoms with van der Waals surface area (Å²) in [4.78, 5) is 0.0706. The Hall–Kier alpha value is -1.00. The SMILES string of the molecule is CCNS(=O)(=O)CCNS(=O)(=O)c1cccc(CN)c1. The number of nitrogens with one attached hydrogen (secondary N) is 2. The molecule has 0 aliphatic rings. The Kier molecular flexibility index (Phi) is 6.08. The normalized spacial score (nSPS) is 12.5. The summed E-state index contributed by atoms with van der Waals surface area (Å²) in [6, 6.07) is 6.20. The predicted molar refractivity (Wildman–Crippen MR) is 77.0 cm³/mol. The summed E-state index contributed by atoms with van der Waals surface area (Å²) in [7, 11) is -7.17. The molecule has 1 aromatic carbocycles. The summed E-state index contributed by atoms with van der Waals surface area (Å²) in [6.45, 7) is 1.97. The van der Waals surface area contributed by atoms with Crippen molar-refractivity contribution in [1.82, 2.24) is 9.44 Å². The quantitative estimate of drug-likeness (QED) is 0.589. The molecule has 0 heterocycles. The molecular formula is C11H19N3O4S2. The van der Waals surface area contributed by atoms with Crippen molar-refractivity contribution in [3.8, 4) is 0 Å². The molecule has 0 radical (unpaired) electrons. The van der Waals surface area contributed by atoms with Gasteiger partial charge in [-0.2, -0.15) is 0 Å². The minimum atomic E-state index is -3.73. The van der Waals surface area contributed by atoms with Gasteiger partial charge in [-0.3, -0.25) is 0 Å². The van der Waals surface area contributed by atoms with E-state index in [9.17, 15) is 16.8 Å². The second-order valence-corrected chi connectivity index (χ2v) is 7.76. The van der Waals surface area contributed by atoms with Crippen LogP contribution in [0.1, 0.15) is 12.5 Å². The average Bonchev–Trinajstić information content (AvgIpc) is 2.38. The summed E-state index contributed by atoms with van der Waals surface area (Å²) in [5, 5.41) is 0. The molecule has 4 N–H and O–H groups in total. The Morgan fingerprint density at radius 1 is 1.15 bits per heavy atom. The van der Waals surface area contributed by atoms with Gasteiger partial charge in [-0.05, 0) is 17.7 Å². The van der Waals surface area contributed by atoms with Crippen molar-refractivity contribution in [3.63, 3.8) is 0 Å². The smallest absolute Gasteiger partial charge is 0.240 e. The van der Waals surface area contributed by atoms with Crippen LogP contribution in [-0.4, -0.2) is 35.7 Å². The highest BCUT2D eigenvalue weighted by Gasteiger charge is 2.16. The van der Waals surface area contributed by atoms with Crippen LogP contribution in [0.3, 0.4) is 0 Å². The first kappa shape index (κ1) is 17.1. The van der Waals surface area contributed by atoms with Gasteiger partial charge >= 0.3 is 0 Å². The maximum absolute atomic E-state index is 12.0. The summed E-state index contributed by atoms with van der Waals surface area (Å²) in [6.07, 6.45) is 0. The summed E-state index contributed by atoms with van der Waals surface area (Å²) in [5.74, 6) is -0.309. The molecule has 0 spiro atoms. The Bertz CT molecular complexity index is 641. The maximum atomic E-state index is 12.0. The molecule has 0 aliphatic heterocycles. The van der Waals surface area contributed by atoms with Crippen LogP contribution < -0.4 is 15.2 Å². The van der Waals surface area contributed by atoms with Crippen LogP contribution in [0.2, 0.25) is 0 Å². The van der Waals surface area contributed by atoms with Crippen LogP contribution in [0, 0.1) is 0 Å². The zero-order valence-corrected chi connectivity index (χ0v) is 12.8. The second-order valence-electron chi connectivity index (χ2n) is 4.07. The fourth-order valence-electron chi connectivity index (χ4n) is 1.53. The monoisotopic (exact) mass is 321 g/mol. The number of hydrogen-bond acceptors (Lipinski definition) is 5. The van der Waals surface area contributed by atoms with Crippen LogP contribution in [0.4, 0.5) is 0 Å². The number of sulfonamides is 2. The minimum Gasteiger partial charge on any atom is -0.326 e. The lowest BCUT2D eigenvalue weighted by molar-refractivity contribution is 0.576. The fraction of sp³-hybridized carbons (Fsp3) is 0.455. The van der Waals surface area contributed by atoms with Crippen molar-refractivity contribution >= 4 is 20.0 Å². The molecule has 1 aromatic rings. The first-order chi connectivity index (χ1) is 9.30. The third-order valence-electron chi connectivity index (χ3n) is 2.47. The van der Waals surface area contributed by atoms with E-state index in [4.69, 9.17) is 5.73 Å². The van der Waals surface area contributed by atoms with Crippen molar-refractivity contribution in [3.05, 3.63) is 29.8 Å². The second kappa shape index (κ2) is 7.14. The summed E-state index contributed by atoms with van der Waals surface area (Å²) < 4.78 is 51.3. The minimum absolute atomic E-state index is 0.0706. The van der Waals surface area contributed by atoms with Gasteiger partial charge in [0.05, 0.1) is 10.6 Å². The van der Waals surface area contributed by atoms with Crippen LogP contribution >= 0.6 is 0 Å². The zero-order valence-electron chi connectivity index (χ0n) is 11.2. The van der Waals surface area contributed by atoms with Crippen molar-refractivity contribution in [2.24, 2.45) is 5.73 Å². The lowest BCUT2D eigenvalue weighted by atomic mass is 10.2. The van der Waals surface area contributed by atoms with Gasteiger partial charge in [0.25, 0.3) is 0 Å². The van der Waals surface area contributed by atoms with Gasteiger partial charge in [0.2, 0.25) is 20.0 Å². The van der Waals surface area contributed by atoms with Crippen molar-refractivity contribution < 1.29 is 16.8 Å². The Morgan fingerprint density at radius 3 is 2.45 bits per heavy atom. The molecule has 0 aromatic heterocycles. The highest BCUT2D eigenvalue weighted by Crippen LogP contribution is 2.10. The van der Waals surface area contributed by atoms with Gasteiger partial charge in [-0.25, -0.2) is 26.3 Å². The highest BCUT2D eigenvalue weighted by atomic mass is 32.2. The molecule has 0 unspecified atom stereocenters. The van der Waals surface area contributed by atoms with E-state index < -0.39 is 20.0 Å². The number of nitrogens with two attached hydrogens (primary N) is 1. The van der Waals surface area contributed by atoms with Gasteiger partial charge in [0, 0.05) is 19.6 Å². The van der Waals surface area contributed by atoms with Crippen LogP contribution in [0.25, 0.3) is 0 Å². The fourth-order valence-corrected chi connectivity index (χ4v) is 3.71. The molecule has 0 saturated heterocycles. The van der Waals surface area contributed by atoms with Gasteiger partial charge in [0.15, 0.2) is 0 Å². The average molecular weight is 321 g/mol. The van der Waals surface area contributed by atoms with E-state index in [1.807, 2.05) is 0 Å². The largest absolute Gasteiger partial charge is 0.326 e. The first-order valence-electron chi connectivity index (χ1n) is 6.07. The Morgan fingerprint density at radius 2 is 1.85 bits per heavy atom. The van der Waals surface area contributed by atoms with Gasteiger partial charge in [-0.1, -0.05) is 19.1 Å². The molecule has 9 heteroatoms. The molecule has 1 rings (SSSR count). The van der Waals surface area contributed by atoms with E-state index >= 15 is 0 Å². The summed E-state index contributed by atoms with van der Waals surface area (Å²) in [5.41, 5.74) is 6.14. The van der Waals surface area contributed by atoms with Crippen molar-refractivity contribution in [1.29, 1.82) is 0 Å². The molecule has 7 nitrogen and oxygen atoms in total. The van der Waals surface area contributed by atoms with Gasteiger partial charge in [-0.15, -0.1) is 0 Å². The molecule has 0 amide bonds. The number of hydrogen-bond donors (Lipinski definition) is 3. The van der Waals surface area contributed by atoms with E-state index in [0.717, 1.165) is 0 Å². The summed E-state index contributed by atoms with van der Waals surface area (Å²) >= 11 is 0. The maximum Gasteiger partial charge on any atom is 0.240 e. The first-order valence-corrected chi connectivity index (χ1v) is 9.20. The zero-order chi connectivity index (χ0) is 15.2. The third kappa shape index (κ3) is 5.17. The van der Waals surface area contributed by atoms with Gasteiger partial charge < -0.3 is 5.73 Å². The predicted octanol–water partition coefficient (Wildman–Crippen LogP) is -0.637. The highest BCUT2D eigenvalue weighted by molar-refractivity contribution is 7.90. The van der Waals surface area contributed by atoms with E-state index in [0.29, 0.717) is 5.56 Å². The molecule has 0 saturated carbocycles. The Balaban J connectivity index is 2.71. The molecule has 0 fully saturated rings. The van der Waals surface area contributed by atoms with E-state index in [1.165, 1.54) is 12.1 Å². The molecule has 114 valence electrons. The van der Waals surface area contributed by atoms with Crippen LogP contribution in [0.5, 0.6) is 0 Å². The molecular weight excluding hydrogens is 302 g/mol. The lowest BCUT2D eigenvalue weighted by Crippen LogP contribution is -2.34. The van der Waals surface area contributed by atoms with Crippen molar-refractivity contribution in [2.45, 2.75) is 18.4 Å². The lowest BCUT2D eigenvalue weighted by Gasteiger charge is -2.08. The van der Waals surface area contributed by atoms with Crippen molar-refractivity contribution in [2.75, 3.05) is 18.8 Å². The standard InChI is InChI=1S/C11H19N3O4S2/c1-2-13-19(15,16)7-6-14-20(17,18)11-5-3-4-10(8-11)9-12/h3-5,8,13-14H,2,6-7,9,12H2,1H3. The molecule has 0 bridgehead atoms. The molecule has 0 atom stereocenters. The van der Waals surface area contributed by atoms with Gasteiger partial charge in [0.1, 0.15) is 0 Å². The molecule has 20 heavy (non-hydrogen) atoms. The third-order valence-corrected chi connectivity index (χ3v) is 5.40. The Labute approximate surface area is 119 Å². The molecule has 0 aliphatic carbocycles. The van der Waals surface area contributed by atoms with E-state index in [-0.39, 0.29) is 30.3 Å². The number of rotatable bonds is 8.